The first-order chi connectivity index (χ1) is 11.6. The summed E-state index contributed by atoms with van der Waals surface area (Å²) >= 11 is 5.89. The molecule has 2 heterocycles. The Hall–Kier alpha value is -2.47. The van der Waals surface area contributed by atoms with Crippen LogP contribution in [0.1, 0.15) is 28.9 Å². The number of hydrogen-bond acceptors (Lipinski definition) is 4. The quantitative estimate of drug-likeness (QED) is 0.924. The summed E-state index contributed by atoms with van der Waals surface area (Å²) in [7, 11) is 1.56. The maximum Gasteiger partial charge on any atom is 0.255 e. The fourth-order valence-electron chi connectivity index (χ4n) is 3.18. The minimum Gasteiger partial charge on any atom is -0.357 e. The molecular formula is C17H17ClN4O2. The summed E-state index contributed by atoms with van der Waals surface area (Å²) in [6.45, 7) is 0.478. The molecule has 3 rings (SSSR count). The van der Waals surface area contributed by atoms with Crippen molar-refractivity contribution >= 4 is 23.4 Å². The number of likely N-dealkylation sites (N-methyl/N-ethyl adjacent to an activating group) is 1. The van der Waals surface area contributed by atoms with E-state index in [0.717, 1.165) is 0 Å². The van der Waals surface area contributed by atoms with Crippen LogP contribution in [0.4, 0.5) is 0 Å². The molecule has 1 N–H and O–H groups in total. The predicted molar refractivity (Wildman–Crippen MR) is 89.5 cm³/mol. The molecule has 2 aromatic rings. The molecule has 0 saturated carbocycles. The number of rotatable bonds is 3. The van der Waals surface area contributed by atoms with Gasteiger partial charge >= 0.3 is 0 Å². The number of likely N-dealkylation sites (tertiary alicyclic amines) is 1. The maximum absolute atomic E-state index is 13.0. The van der Waals surface area contributed by atoms with E-state index in [0.29, 0.717) is 35.7 Å². The Labute approximate surface area is 144 Å². The third-order valence-electron chi connectivity index (χ3n) is 4.31. The van der Waals surface area contributed by atoms with Crippen molar-refractivity contribution in [1.82, 2.24) is 20.2 Å². The van der Waals surface area contributed by atoms with Gasteiger partial charge in [-0.2, -0.15) is 0 Å². The number of amides is 2. The third kappa shape index (κ3) is 2.63. The van der Waals surface area contributed by atoms with Gasteiger partial charge in [0.2, 0.25) is 0 Å². The Morgan fingerprint density at radius 3 is 2.62 bits per heavy atom. The smallest absolute Gasteiger partial charge is 0.255 e. The van der Waals surface area contributed by atoms with Crippen molar-refractivity contribution in [3.63, 3.8) is 0 Å². The largest absolute Gasteiger partial charge is 0.357 e. The molecule has 1 aliphatic rings. The molecule has 1 saturated heterocycles. The van der Waals surface area contributed by atoms with Crippen molar-refractivity contribution in [1.29, 1.82) is 0 Å². The van der Waals surface area contributed by atoms with E-state index in [9.17, 15) is 9.59 Å². The molecular weight excluding hydrogens is 328 g/mol. The second kappa shape index (κ2) is 6.57. The van der Waals surface area contributed by atoms with Crippen LogP contribution in [-0.4, -0.2) is 40.3 Å². The lowest BCUT2D eigenvalue weighted by atomic mass is 9.90. The number of aromatic nitrogens is 2. The summed E-state index contributed by atoms with van der Waals surface area (Å²) in [5.74, 6) is -0.485. The number of halogens is 1. The van der Waals surface area contributed by atoms with Crippen LogP contribution in [0.15, 0.2) is 42.9 Å². The Bertz CT molecular complexity index is 751. The van der Waals surface area contributed by atoms with Crippen LogP contribution in [0.3, 0.4) is 0 Å². The SMILES string of the molecule is CNC(=O)[C@@]1(c2cnccn2)CCCN1C(=O)c1ccc(Cl)cc1. The van der Waals surface area contributed by atoms with Crippen LogP contribution < -0.4 is 5.32 Å². The number of nitrogens with one attached hydrogen (secondary N) is 1. The molecule has 124 valence electrons. The first-order valence-electron chi connectivity index (χ1n) is 7.66. The van der Waals surface area contributed by atoms with Gasteiger partial charge < -0.3 is 10.2 Å². The van der Waals surface area contributed by atoms with E-state index in [1.165, 1.54) is 6.20 Å². The molecule has 1 aliphatic heterocycles. The van der Waals surface area contributed by atoms with Crippen LogP contribution in [0.25, 0.3) is 0 Å². The maximum atomic E-state index is 13.0. The lowest BCUT2D eigenvalue weighted by Gasteiger charge is -2.36. The van der Waals surface area contributed by atoms with Gasteiger partial charge in [-0.1, -0.05) is 11.6 Å². The average Bonchev–Trinajstić information content (AvgIpc) is 3.08. The Morgan fingerprint density at radius 2 is 2.00 bits per heavy atom. The van der Waals surface area contributed by atoms with Gasteiger partial charge in [0.15, 0.2) is 5.54 Å². The van der Waals surface area contributed by atoms with E-state index in [-0.39, 0.29) is 11.8 Å². The lowest BCUT2D eigenvalue weighted by molar-refractivity contribution is -0.131. The summed E-state index contributed by atoms with van der Waals surface area (Å²) in [5.41, 5.74) is -0.178. The molecule has 6 nitrogen and oxygen atoms in total. The van der Waals surface area contributed by atoms with Crippen molar-refractivity contribution in [2.45, 2.75) is 18.4 Å². The first-order valence-corrected chi connectivity index (χ1v) is 8.03. The van der Waals surface area contributed by atoms with E-state index in [1.807, 2.05) is 0 Å². The second-order valence-corrected chi connectivity index (χ2v) is 6.03. The van der Waals surface area contributed by atoms with E-state index < -0.39 is 5.54 Å². The Kier molecular flexibility index (Phi) is 4.49. The van der Waals surface area contributed by atoms with Crippen LogP contribution in [0.2, 0.25) is 5.02 Å². The molecule has 7 heteroatoms. The molecule has 0 aliphatic carbocycles. The normalized spacial score (nSPS) is 20.0. The first kappa shape index (κ1) is 16.4. The molecule has 0 radical (unpaired) electrons. The highest BCUT2D eigenvalue weighted by Gasteiger charge is 2.52. The fourth-order valence-corrected chi connectivity index (χ4v) is 3.31. The molecule has 1 fully saturated rings. The average molecular weight is 345 g/mol. The van der Waals surface area contributed by atoms with Crippen molar-refractivity contribution in [3.05, 3.63) is 59.1 Å². The summed E-state index contributed by atoms with van der Waals surface area (Å²) < 4.78 is 0. The fraction of sp³-hybridized carbons (Fsp3) is 0.294. The van der Waals surface area contributed by atoms with Crippen molar-refractivity contribution in [3.8, 4) is 0 Å². The highest BCUT2D eigenvalue weighted by atomic mass is 35.5. The van der Waals surface area contributed by atoms with Gasteiger partial charge in [0.1, 0.15) is 0 Å². The van der Waals surface area contributed by atoms with Crippen LogP contribution in [-0.2, 0) is 10.3 Å². The van der Waals surface area contributed by atoms with Gasteiger partial charge in [0.25, 0.3) is 11.8 Å². The summed E-state index contributed by atoms with van der Waals surface area (Å²) in [4.78, 5) is 35.7. The van der Waals surface area contributed by atoms with Gasteiger partial charge in [-0.3, -0.25) is 19.6 Å². The number of nitrogens with zero attached hydrogens (tertiary/aromatic N) is 3. The van der Waals surface area contributed by atoms with Gasteiger partial charge in [-0.15, -0.1) is 0 Å². The minimum atomic E-state index is -1.14. The molecule has 0 unspecified atom stereocenters. The highest BCUT2D eigenvalue weighted by Crippen LogP contribution is 2.39. The van der Waals surface area contributed by atoms with E-state index in [2.05, 4.69) is 15.3 Å². The number of hydrogen-bond donors (Lipinski definition) is 1. The highest BCUT2D eigenvalue weighted by molar-refractivity contribution is 6.30. The predicted octanol–water partition coefficient (Wildman–Crippen LogP) is 2.01. The molecule has 0 bridgehead atoms. The Morgan fingerprint density at radius 1 is 1.25 bits per heavy atom. The minimum absolute atomic E-state index is 0.224. The van der Waals surface area contributed by atoms with E-state index in [4.69, 9.17) is 11.6 Å². The zero-order valence-electron chi connectivity index (χ0n) is 13.2. The summed E-state index contributed by atoms with van der Waals surface area (Å²) in [6.07, 6.45) is 5.83. The molecule has 1 atom stereocenters. The van der Waals surface area contributed by atoms with Crippen LogP contribution in [0.5, 0.6) is 0 Å². The van der Waals surface area contributed by atoms with Gasteiger partial charge in [0.05, 0.1) is 11.9 Å². The Balaban J connectivity index is 2.06. The van der Waals surface area contributed by atoms with E-state index in [1.54, 1.807) is 48.6 Å². The number of carbonyl (C=O) groups excluding carboxylic acids is 2. The molecule has 24 heavy (non-hydrogen) atoms. The zero-order chi connectivity index (χ0) is 17.2. The van der Waals surface area contributed by atoms with Gasteiger partial charge in [-0.25, -0.2) is 0 Å². The summed E-state index contributed by atoms with van der Waals surface area (Å²) in [6, 6.07) is 6.64. The van der Waals surface area contributed by atoms with Crippen molar-refractivity contribution < 1.29 is 9.59 Å². The molecule has 1 aromatic heterocycles. The molecule has 0 spiro atoms. The van der Waals surface area contributed by atoms with Gasteiger partial charge in [0, 0.05) is 36.6 Å². The topological polar surface area (TPSA) is 75.2 Å². The lowest BCUT2D eigenvalue weighted by Crippen LogP contribution is -2.54. The second-order valence-electron chi connectivity index (χ2n) is 5.60. The van der Waals surface area contributed by atoms with Crippen LogP contribution in [0, 0.1) is 0 Å². The number of benzene rings is 1. The number of carbonyl (C=O) groups is 2. The zero-order valence-corrected chi connectivity index (χ0v) is 14.0. The summed E-state index contributed by atoms with van der Waals surface area (Å²) in [5, 5.41) is 3.23. The van der Waals surface area contributed by atoms with E-state index >= 15 is 0 Å². The van der Waals surface area contributed by atoms with Crippen LogP contribution >= 0.6 is 11.6 Å². The van der Waals surface area contributed by atoms with Gasteiger partial charge in [-0.05, 0) is 37.1 Å². The standard InChI is InChI=1S/C17H17ClN4O2/c1-19-16(24)17(14-11-20-8-9-21-14)7-2-10-22(17)15(23)12-3-5-13(18)6-4-12/h3-6,8-9,11H,2,7,10H2,1H3,(H,19,24)/t17-/m0/s1. The molecule has 2 amide bonds. The molecule has 1 aromatic carbocycles. The third-order valence-corrected chi connectivity index (χ3v) is 4.56. The monoisotopic (exact) mass is 344 g/mol. The van der Waals surface area contributed by atoms with Crippen molar-refractivity contribution in [2.24, 2.45) is 0 Å². The van der Waals surface area contributed by atoms with Crippen molar-refractivity contribution in [2.75, 3.05) is 13.6 Å².